The molecular formula is C17H22N2O. The molecule has 1 aliphatic rings. The summed E-state index contributed by atoms with van der Waals surface area (Å²) in [6, 6.07) is 12.4. The van der Waals surface area contributed by atoms with Crippen LogP contribution in [0.15, 0.2) is 41.2 Å². The molecule has 106 valence electrons. The first-order chi connectivity index (χ1) is 9.75. The lowest BCUT2D eigenvalue weighted by Crippen LogP contribution is -2.37. The predicted molar refractivity (Wildman–Crippen MR) is 83.1 cm³/mol. The fraction of sp³-hybridized carbons (Fsp3) is 0.471. The van der Waals surface area contributed by atoms with E-state index in [2.05, 4.69) is 18.0 Å². The summed E-state index contributed by atoms with van der Waals surface area (Å²) in [5.74, 6) is 0. The van der Waals surface area contributed by atoms with Crippen LogP contribution in [0.3, 0.4) is 0 Å². The van der Waals surface area contributed by atoms with Crippen LogP contribution in [0.2, 0.25) is 0 Å². The maximum Gasteiger partial charge on any atom is 0.251 e. The van der Waals surface area contributed by atoms with Crippen LogP contribution in [0.4, 0.5) is 0 Å². The first kappa shape index (κ1) is 13.4. The number of fused-ring (bicyclic) bond motifs is 1. The number of para-hydroxylation sites is 1. The molecule has 0 aliphatic carbocycles. The van der Waals surface area contributed by atoms with Crippen molar-refractivity contribution in [1.29, 1.82) is 0 Å². The van der Waals surface area contributed by atoms with Crippen molar-refractivity contribution in [2.75, 3.05) is 13.6 Å². The van der Waals surface area contributed by atoms with Gasteiger partial charge in [-0.3, -0.25) is 4.79 Å². The first-order valence-electron chi connectivity index (χ1n) is 7.54. The third-order valence-electron chi connectivity index (χ3n) is 4.51. The van der Waals surface area contributed by atoms with Gasteiger partial charge in [-0.25, -0.2) is 0 Å². The van der Waals surface area contributed by atoms with Crippen molar-refractivity contribution < 1.29 is 0 Å². The predicted octanol–water partition coefficient (Wildman–Crippen LogP) is 2.88. The highest BCUT2D eigenvalue weighted by molar-refractivity contribution is 5.78. The van der Waals surface area contributed by atoms with Gasteiger partial charge in [-0.15, -0.1) is 0 Å². The highest BCUT2D eigenvalue weighted by Crippen LogP contribution is 2.19. The third-order valence-corrected chi connectivity index (χ3v) is 4.51. The topological polar surface area (TPSA) is 25.2 Å². The molecule has 1 fully saturated rings. The molecule has 3 rings (SSSR count). The number of aryl methyl sites for hydroxylation is 1. The zero-order valence-corrected chi connectivity index (χ0v) is 12.1. The number of rotatable bonds is 3. The average molecular weight is 270 g/mol. The number of aromatic nitrogens is 1. The first-order valence-corrected chi connectivity index (χ1v) is 7.54. The lowest BCUT2D eigenvalue weighted by Gasteiger charge is -2.32. The summed E-state index contributed by atoms with van der Waals surface area (Å²) in [5, 5.41) is 1.14. The number of piperidine rings is 1. The SMILES string of the molecule is CN1CCCCC1CCn1c(=O)ccc2ccccc21. The molecule has 20 heavy (non-hydrogen) atoms. The van der Waals surface area contributed by atoms with Gasteiger partial charge < -0.3 is 9.47 Å². The molecule has 1 unspecified atom stereocenters. The summed E-state index contributed by atoms with van der Waals surface area (Å²) < 4.78 is 1.93. The Labute approximate surface area is 119 Å². The number of nitrogens with zero attached hydrogens (tertiary/aromatic N) is 2. The lowest BCUT2D eigenvalue weighted by molar-refractivity contribution is 0.171. The molecule has 1 atom stereocenters. The Morgan fingerprint density at radius 2 is 2.00 bits per heavy atom. The summed E-state index contributed by atoms with van der Waals surface area (Å²) in [7, 11) is 2.20. The van der Waals surface area contributed by atoms with Crippen LogP contribution in [-0.4, -0.2) is 29.1 Å². The third kappa shape index (κ3) is 2.63. The second-order valence-corrected chi connectivity index (χ2v) is 5.80. The summed E-state index contributed by atoms with van der Waals surface area (Å²) in [6.45, 7) is 2.00. The number of benzene rings is 1. The maximum absolute atomic E-state index is 12.1. The fourth-order valence-electron chi connectivity index (χ4n) is 3.26. The summed E-state index contributed by atoms with van der Waals surface area (Å²) in [5.41, 5.74) is 1.17. The number of likely N-dealkylation sites (tertiary alicyclic amines) is 1. The van der Waals surface area contributed by atoms with Gasteiger partial charge in [-0.2, -0.15) is 0 Å². The van der Waals surface area contributed by atoms with E-state index in [1.807, 2.05) is 28.8 Å². The van der Waals surface area contributed by atoms with E-state index < -0.39 is 0 Å². The monoisotopic (exact) mass is 270 g/mol. The quantitative estimate of drug-likeness (QED) is 0.857. The molecule has 0 N–H and O–H groups in total. The number of hydrogen-bond acceptors (Lipinski definition) is 2. The van der Waals surface area contributed by atoms with Crippen LogP contribution in [0, 0.1) is 0 Å². The molecule has 3 heteroatoms. The molecule has 1 aromatic heterocycles. The van der Waals surface area contributed by atoms with E-state index in [0.29, 0.717) is 6.04 Å². The molecule has 0 saturated carbocycles. The summed E-state index contributed by atoms with van der Waals surface area (Å²) in [4.78, 5) is 14.6. The Morgan fingerprint density at radius 3 is 2.85 bits per heavy atom. The van der Waals surface area contributed by atoms with Crippen LogP contribution in [0.25, 0.3) is 10.9 Å². The Hall–Kier alpha value is -1.61. The van der Waals surface area contributed by atoms with E-state index in [-0.39, 0.29) is 5.56 Å². The zero-order valence-electron chi connectivity index (χ0n) is 12.1. The largest absolute Gasteiger partial charge is 0.308 e. The highest BCUT2D eigenvalue weighted by Gasteiger charge is 2.18. The van der Waals surface area contributed by atoms with E-state index in [1.165, 1.54) is 25.8 Å². The Kier molecular flexibility index (Phi) is 3.88. The molecule has 2 aromatic rings. The normalized spacial score (nSPS) is 20.4. The summed E-state index contributed by atoms with van der Waals surface area (Å²) >= 11 is 0. The Morgan fingerprint density at radius 1 is 1.15 bits per heavy atom. The molecule has 0 radical (unpaired) electrons. The molecule has 1 aliphatic heterocycles. The van der Waals surface area contributed by atoms with E-state index >= 15 is 0 Å². The molecule has 2 heterocycles. The Balaban J connectivity index is 1.83. The smallest absolute Gasteiger partial charge is 0.251 e. The minimum Gasteiger partial charge on any atom is -0.308 e. The van der Waals surface area contributed by atoms with Gasteiger partial charge in [0.05, 0.1) is 5.52 Å². The average Bonchev–Trinajstić information content (AvgIpc) is 2.48. The van der Waals surface area contributed by atoms with E-state index in [9.17, 15) is 4.79 Å². The van der Waals surface area contributed by atoms with Crippen molar-refractivity contribution in [3.63, 3.8) is 0 Å². The molecule has 1 saturated heterocycles. The molecule has 0 amide bonds. The van der Waals surface area contributed by atoms with E-state index in [0.717, 1.165) is 23.9 Å². The van der Waals surface area contributed by atoms with Crippen molar-refractivity contribution >= 4 is 10.9 Å². The Bertz CT molecular complexity index is 647. The van der Waals surface area contributed by atoms with Gasteiger partial charge in [0.1, 0.15) is 0 Å². The molecule has 1 aromatic carbocycles. The zero-order chi connectivity index (χ0) is 13.9. The van der Waals surface area contributed by atoms with Crippen molar-refractivity contribution in [2.45, 2.75) is 38.3 Å². The van der Waals surface area contributed by atoms with Crippen LogP contribution >= 0.6 is 0 Å². The van der Waals surface area contributed by atoms with Gasteiger partial charge in [0.25, 0.3) is 5.56 Å². The second-order valence-electron chi connectivity index (χ2n) is 5.80. The van der Waals surface area contributed by atoms with Gasteiger partial charge in [-0.1, -0.05) is 24.6 Å². The van der Waals surface area contributed by atoms with Gasteiger partial charge >= 0.3 is 0 Å². The van der Waals surface area contributed by atoms with Gasteiger partial charge in [0, 0.05) is 18.7 Å². The van der Waals surface area contributed by atoms with Crippen LogP contribution in [0.1, 0.15) is 25.7 Å². The van der Waals surface area contributed by atoms with Crippen molar-refractivity contribution in [3.05, 3.63) is 46.8 Å². The molecular weight excluding hydrogens is 248 g/mol. The molecule has 0 spiro atoms. The second kappa shape index (κ2) is 5.80. The minimum absolute atomic E-state index is 0.113. The van der Waals surface area contributed by atoms with Crippen LogP contribution < -0.4 is 5.56 Å². The van der Waals surface area contributed by atoms with E-state index in [4.69, 9.17) is 0 Å². The maximum atomic E-state index is 12.1. The van der Waals surface area contributed by atoms with Gasteiger partial charge in [-0.05, 0) is 50.4 Å². The van der Waals surface area contributed by atoms with Crippen LogP contribution in [0.5, 0.6) is 0 Å². The fourth-order valence-corrected chi connectivity index (χ4v) is 3.26. The standard InChI is InChI=1S/C17H22N2O/c1-18-12-5-4-7-15(18)11-13-19-16-8-3-2-6-14(16)9-10-17(19)20/h2-3,6,8-10,15H,4-5,7,11-13H2,1H3. The van der Waals surface area contributed by atoms with Crippen molar-refractivity contribution in [1.82, 2.24) is 9.47 Å². The number of hydrogen-bond donors (Lipinski definition) is 0. The van der Waals surface area contributed by atoms with Crippen LogP contribution in [-0.2, 0) is 6.54 Å². The minimum atomic E-state index is 0.113. The highest BCUT2D eigenvalue weighted by atomic mass is 16.1. The summed E-state index contributed by atoms with van der Waals surface area (Å²) in [6.07, 6.45) is 4.95. The van der Waals surface area contributed by atoms with Crippen molar-refractivity contribution in [2.24, 2.45) is 0 Å². The van der Waals surface area contributed by atoms with E-state index in [1.54, 1.807) is 6.07 Å². The van der Waals surface area contributed by atoms with Crippen molar-refractivity contribution in [3.8, 4) is 0 Å². The number of pyridine rings is 1. The lowest BCUT2D eigenvalue weighted by atomic mass is 10.00. The van der Waals surface area contributed by atoms with Gasteiger partial charge in [0.15, 0.2) is 0 Å². The molecule has 3 nitrogen and oxygen atoms in total. The van der Waals surface area contributed by atoms with Gasteiger partial charge in [0.2, 0.25) is 0 Å². The molecule has 0 bridgehead atoms.